The third kappa shape index (κ3) is 3.19. The molecule has 1 heterocycles. The van der Waals surface area contributed by atoms with E-state index in [1.807, 2.05) is 0 Å². The molecule has 9 atom stereocenters. The lowest BCUT2D eigenvalue weighted by Crippen LogP contribution is -2.56. The molecule has 1 nitrogen and oxygen atoms in total. The molecule has 0 radical (unpaired) electrons. The molecule has 3 aliphatic rings. The standard InChI is InChI=1S/C23H43N/c1-7-9-10-11-15(3)18(8-2)13-19-12-16(4)20-21-17(5)14-23(21,6)24-22(19)20/h15-22,24H,7-14H2,1-6H3/t15?,16-,17?,18?,19?,20?,21?,22?,23?/m1/s1. The van der Waals surface area contributed by atoms with Gasteiger partial charge in [0.15, 0.2) is 0 Å². The molecule has 0 aromatic heterocycles. The Bertz CT molecular complexity index is 418. The largest absolute Gasteiger partial charge is 0.308 e. The van der Waals surface area contributed by atoms with Gasteiger partial charge in [0, 0.05) is 11.6 Å². The first-order valence-corrected chi connectivity index (χ1v) is 11.2. The van der Waals surface area contributed by atoms with E-state index in [1.165, 1.54) is 51.4 Å². The maximum absolute atomic E-state index is 4.16. The Morgan fingerprint density at radius 3 is 2.50 bits per heavy atom. The van der Waals surface area contributed by atoms with Gasteiger partial charge in [0.25, 0.3) is 0 Å². The number of fused-ring (bicyclic) bond motifs is 3. The van der Waals surface area contributed by atoms with Gasteiger partial charge in [-0.2, -0.15) is 0 Å². The van der Waals surface area contributed by atoms with Gasteiger partial charge in [0.05, 0.1) is 0 Å². The second kappa shape index (κ2) is 7.29. The molecule has 1 aliphatic heterocycles. The molecule has 2 saturated carbocycles. The van der Waals surface area contributed by atoms with Gasteiger partial charge in [-0.3, -0.25) is 0 Å². The van der Waals surface area contributed by atoms with E-state index in [9.17, 15) is 0 Å². The monoisotopic (exact) mass is 333 g/mol. The molecule has 0 aromatic rings. The molecule has 1 saturated heterocycles. The van der Waals surface area contributed by atoms with Gasteiger partial charge < -0.3 is 5.32 Å². The Morgan fingerprint density at radius 2 is 1.88 bits per heavy atom. The zero-order chi connectivity index (χ0) is 17.5. The van der Waals surface area contributed by atoms with E-state index in [0.717, 1.165) is 47.5 Å². The van der Waals surface area contributed by atoms with E-state index in [1.54, 1.807) is 0 Å². The fourth-order valence-electron chi connectivity index (χ4n) is 7.37. The van der Waals surface area contributed by atoms with Crippen molar-refractivity contribution < 1.29 is 0 Å². The zero-order valence-electron chi connectivity index (χ0n) is 17.3. The van der Waals surface area contributed by atoms with E-state index >= 15 is 0 Å². The van der Waals surface area contributed by atoms with Crippen LogP contribution in [-0.2, 0) is 0 Å². The van der Waals surface area contributed by atoms with Crippen LogP contribution in [0.2, 0.25) is 0 Å². The summed E-state index contributed by atoms with van der Waals surface area (Å²) in [5.41, 5.74) is 0.482. The lowest BCUT2D eigenvalue weighted by molar-refractivity contribution is 0.0334. The Balaban J connectivity index is 1.61. The van der Waals surface area contributed by atoms with Crippen molar-refractivity contribution in [3.63, 3.8) is 0 Å². The molecular formula is C23H43N. The summed E-state index contributed by atoms with van der Waals surface area (Å²) in [6.45, 7) is 14.9. The van der Waals surface area contributed by atoms with E-state index < -0.39 is 0 Å². The van der Waals surface area contributed by atoms with E-state index in [2.05, 4.69) is 46.9 Å². The Morgan fingerprint density at radius 1 is 1.12 bits per heavy atom. The molecule has 0 spiro atoms. The lowest BCUT2D eigenvalue weighted by Gasteiger charge is -2.50. The van der Waals surface area contributed by atoms with Crippen LogP contribution in [0.1, 0.15) is 92.9 Å². The van der Waals surface area contributed by atoms with E-state index in [4.69, 9.17) is 0 Å². The van der Waals surface area contributed by atoms with E-state index in [-0.39, 0.29) is 0 Å². The highest BCUT2D eigenvalue weighted by molar-refractivity contribution is 5.18. The summed E-state index contributed by atoms with van der Waals surface area (Å²) in [7, 11) is 0. The number of unbranched alkanes of at least 4 members (excludes halogenated alkanes) is 2. The zero-order valence-corrected chi connectivity index (χ0v) is 17.3. The second-order valence-electron chi connectivity index (χ2n) is 10.2. The van der Waals surface area contributed by atoms with Gasteiger partial charge in [0.2, 0.25) is 0 Å². The van der Waals surface area contributed by atoms with E-state index in [0.29, 0.717) is 5.54 Å². The van der Waals surface area contributed by atoms with Gasteiger partial charge >= 0.3 is 0 Å². The topological polar surface area (TPSA) is 12.0 Å². The molecule has 24 heavy (non-hydrogen) atoms. The normalized spacial score (nSPS) is 46.2. The van der Waals surface area contributed by atoms with Crippen LogP contribution in [0.5, 0.6) is 0 Å². The van der Waals surface area contributed by atoms with Crippen LogP contribution in [0, 0.1) is 41.4 Å². The van der Waals surface area contributed by atoms with Crippen LogP contribution in [-0.4, -0.2) is 11.6 Å². The molecule has 1 N–H and O–H groups in total. The molecule has 3 rings (SSSR count). The third-order valence-corrected chi connectivity index (χ3v) is 8.46. The number of rotatable bonds is 8. The van der Waals surface area contributed by atoms with Gasteiger partial charge in [0.1, 0.15) is 0 Å². The fourth-order valence-corrected chi connectivity index (χ4v) is 7.37. The number of nitrogens with one attached hydrogen (secondary N) is 1. The minimum Gasteiger partial charge on any atom is -0.308 e. The van der Waals surface area contributed by atoms with Crippen LogP contribution in [0.3, 0.4) is 0 Å². The molecule has 0 bridgehead atoms. The summed E-state index contributed by atoms with van der Waals surface area (Å²) >= 11 is 0. The van der Waals surface area contributed by atoms with Gasteiger partial charge in [-0.25, -0.2) is 0 Å². The summed E-state index contributed by atoms with van der Waals surface area (Å²) in [5, 5.41) is 4.16. The van der Waals surface area contributed by atoms with Gasteiger partial charge in [-0.1, -0.05) is 66.7 Å². The highest BCUT2D eigenvalue weighted by Gasteiger charge is 2.63. The van der Waals surface area contributed by atoms with Crippen molar-refractivity contribution in [1.82, 2.24) is 5.32 Å². The summed E-state index contributed by atoms with van der Waals surface area (Å²) in [6, 6.07) is 0.830. The smallest absolute Gasteiger partial charge is 0.0192 e. The Labute approximate surface area is 151 Å². The van der Waals surface area contributed by atoms with Crippen molar-refractivity contribution in [3.8, 4) is 0 Å². The Hall–Kier alpha value is -0.0400. The molecule has 3 fully saturated rings. The van der Waals surface area contributed by atoms with Crippen LogP contribution < -0.4 is 5.32 Å². The quantitative estimate of drug-likeness (QED) is 0.516. The summed E-state index contributed by atoms with van der Waals surface area (Å²) < 4.78 is 0. The fraction of sp³-hybridized carbons (Fsp3) is 1.00. The van der Waals surface area contributed by atoms with Crippen molar-refractivity contribution in [2.75, 3.05) is 0 Å². The van der Waals surface area contributed by atoms with Crippen molar-refractivity contribution >= 4 is 0 Å². The molecule has 0 aromatic carbocycles. The second-order valence-corrected chi connectivity index (χ2v) is 10.2. The maximum atomic E-state index is 4.16. The minimum atomic E-state index is 0.482. The molecular weight excluding hydrogens is 290 g/mol. The van der Waals surface area contributed by atoms with Gasteiger partial charge in [-0.05, 0) is 67.6 Å². The molecule has 2 aliphatic carbocycles. The molecule has 140 valence electrons. The minimum absolute atomic E-state index is 0.482. The van der Waals surface area contributed by atoms with Crippen LogP contribution in [0.15, 0.2) is 0 Å². The number of hydrogen-bond acceptors (Lipinski definition) is 1. The Kier molecular flexibility index (Phi) is 5.70. The summed E-state index contributed by atoms with van der Waals surface area (Å²) in [4.78, 5) is 0. The highest BCUT2D eigenvalue weighted by atomic mass is 15.1. The predicted molar refractivity (Wildman–Crippen MR) is 105 cm³/mol. The average molecular weight is 334 g/mol. The van der Waals surface area contributed by atoms with Crippen molar-refractivity contribution in [1.29, 1.82) is 0 Å². The highest BCUT2D eigenvalue weighted by Crippen LogP contribution is 2.61. The lowest BCUT2D eigenvalue weighted by atomic mass is 9.57. The van der Waals surface area contributed by atoms with Crippen LogP contribution in [0.25, 0.3) is 0 Å². The first-order chi connectivity index (χ1) is 11.4. The summed E-state index contributed by atoms with van der Waals surface area (Å²) in [5.74, 6) is 6.63. The molecule has 1 heteroatoms. The SMILES string of the molecule is CCCCCC(C)C(CC)CC1C[C@@H](C)C2C1NC1(C)CC(C)C21. The first-order valence-electron chi connectivity index (χ1n) is 11.2. The maximum Gasteiger partial charge on any atom is 0.0192 e. The van der Waals surface area contributed by atoms with Crippen molar-refractivity contribution in [2.24, 2.45) is 41.4 Å². The van der Waals surface area contributed by atoms with Crippen LogP contribution in [0.4, 0.5) is 0 Å². The third-order valence-electron chi connectivity index (χ3n) is 8.46. The predicted octanol–water partition coefficient (Wildman–Crippen LogP) is 6.28. The number of hydrogen-bond donors (Lipinski definition) is 1. The first kappa shape index (κ1) is 18.7. The summed E-state index contributed by atoms with van der Waals surface area (Å²) in [6.07, 6.45) is 11.4. The molecule has 0 amide bonds. The average Bonchev–Trinajstić information content (AvgIpc) is 2.94. The van der Waals surface area contributed by atoms with Gasteiger partial charge in [-0.15, -0.1) is 0 Å². The molecule has 8 unspecified atom stereocenters. The van der Waals surface area contributed by atoms with Crippen molar-refractivity contribution in [2.45, 2.75) is 104 Å². The van der Waals surface area contributed by atoms with Crippen molar-refractivity contribution in [3.05, 3.63) is 0 Å². The van der Waals surface area contributed by atoms with Crippen LogP contribution >= 0.6 is 0 Å².